The second-order valence-corrected chi connectivity index (χ2v) is 3.96. The van der Waals surface area contributed by atoms with Crippen LogP contribution in [0.25, 0.3) is 0 Å². The van der Waals surface area contributed by atoms with E-state index in [1.54, 1.807) is 24.3 Å². The summed E-state index contributed by atoms with van der Waals surface area (Å²) in [5.74, 6) is 0.151. The Balaban J connectivity index is 2.50. The number of ether oxygens (including phenoxy) is 1. The largest absolute Gasteiger partial charge is 0.447 e. The third-order valence-electron chi connectivity index (χ3n) is 2.36. The van der Waals surface area contributed by atoms with Crippen LogP contribution in [0.2, 0.25) is 5.02 Å². The van der Waals surface area contributed by atoms with E-state index in [2.05, 4.69) is 0 Å². The molecule has 0 atom stereocenters. The van der Waals surface area contributed by atoms with Gasteiger partial charge in [0.05, 0.1) is 15.5 Å². The Bertz CT molecular complexity index is 680. The Morgan fingerprint density at radius 1 is 1.21 bits per heavy atom. The Morgan fingerprint density at radius 2 is 1.95 bits per heavy atom. The van der Waals surface area contributed by atoms with Gasteiger partial charge in [0.25, 0.3) is 0 Å². The van der Waals surface area contributed by atoms with Crippen LogP contribution in [-0.4, -0.2) is 4.92 Å². The lowest BCUT2D eigenvalue weighted by molar-refractivity contribution is -0.385. The lowest BCUT2D eigenvalue weighted by atomic mass is 10.2. The molecule has 0 aromatic heterocycles. The molecule has 0 radical (unpaired) electrons. The first-order valence-corrected chi connectivity index (χ1v) is 5.61. The van der Waals surface area contributed by atoms with Crippen LogP contribution in [0.5, 0.6) is 11.5 Å². The summed E-state index contributed by atoms with van der Waals surface area (Å²) >= 11 is 5.91. The average Bonchev–Trinajstić information content (AvgIpc) is 2.41. The summed E-state index contributed by atoms with van der Waals surface area (Å²) in [7, 11) is 0. The van der Waals surface area contributed by atoms with Gasteiger partial charge in [-0.05, 0) is 18.2 Å². The van der Waals surface area contributed by atoms with Crippen LogP contribution in [0.1, 0.15) is 5.56 Å². The maximum atomic E-state index is 10.9. The van der Waals surface area contributed by atoms with E-state index in [9.17, 15) is 10.1 Å². The number of para-hydroxylation sites is 2. The van der Waals surface area contributed by atoms with Crippen molar-refractivity contribution >= 4 is 17.3 Å². The van der Waals surface area contributed by atoms with Crippen LogP contribution < -0.4 is 4.74 Å². The van der Waals surface area contributed by atoms with E-state index in [1.807, 2.05) is 6.07 Å². The quantitative estimate of drug-likeness (QED) is 0.628. The molecule has 0 heterocycles. The molecule has 5 nitrogen and oxygen atoms in total. The van der Waals surface area contributed by atoms with Crippen molar-refractivity contribution in [1.29, 1.82) is 5.26 Å². The second kappa shape index (κ2) is 5.38. The van der Waals surface area contributed by atoms with Gasteiger partial charge in [-0.25, -0.2) is 0 Å². The molecule has 0 aliphatic rings. The highest BCUT2D eigenvalue weighted by Gasteiger charge is 2.19. The van der Waals surface area contributed by atoms with E-state index >= 15 is 0 Å². The number of nitrogens with zero attached hydrogens (tertiary/aromatic N) is 2. The molecule has 0 bridgehead atoms. The molecule has 94 valence electrons. The maximum absolute atomic E-state index is 10.9. The van der Waals surface area contributed by atoms with E-state index in [4.69, 9.17) is 21.6 Å². The Kier molecular flexibility index (Phi) is 3.64. The molecule has 6 heteroatoms. The maximum Gasteiger partial charge on any atom is 0.313 e. The summed E-state index contributed by atoms with van der Waals surface area (Å²) in [5, 5.41) is 20.0. The van der Waals surface area contributed by atoms with Crippen molar-refractivity contribution in [2.24, 2.45) is 0 Å². The molecule has 0 saturated heterocycles. The van der Waals surface area contributed by atoms with E-state index in [-0.39, 0.29) is 27.8 Å². The monoisotopic (exact) mass is 274 g/mol. The third-order valence-corrected chi connectivity index (χ3v) is 2.66. The fourth-order valence-electron chi connectivity index (χ4n) is 1.50. The smallest absolute Gasteiger partial charge is 0.313 e. The SMILES string of the molecule is N#Cc1ccccc1Oc1c(Cl)cccc1[N+](=O)[O-]. The first-order chi connectivity index (χ1) is 9.13. The molecular formula is C13H7ClN2O3. The van der Waals surface area contributed by atoms with Crippen LogP contribution in [-0.2, 0) is 0 Å². The van der Waals surface area contributed by atoms with Crippen molar-refractivity contribution in [2.75, 3.05) is 0 Å². The first kappa shape index (κ1) is 12.9. The van der Waals surface area contributed by atoms with Crippen molar-refractivity contribution in [3.63, 3.8) is 0 Å². The molecule has 2 aromatic rings. The number of hydrogen-bond donors (Lipinski definition) is 0. The van der Waals surface area contributed by atoms with E-state index in [0.29, 0.717) is 0 Å². The van der Waals surface area contributed by atoms with Gasteiger partial charge in [-0.3, -0.25) is 10.1 Å². The Hall–Kier alpha value is -2.58. The fourth-order valence-corrected chi connectivity index (χ4v) is 1.71. The zero-order chi connectivity index (χ0) is 13.8. The molecular weight excluding hydrogens is 268 g/mol. The predicted octanol–water partition coefficient (Wildman–Crippen LogP) is 3.91. The molecule has 0 aliphatic heterocycles. The molecule has 0 fully saturated rings. The van der Waals surface area contributed by atoms with Gasteiger partial charge in [0, 0.05) is 6.07 Å². The van der Waals surface area contributed by atoms with Gasteiger partial charge >= 0.3 is 5.69 Å². The summed E-state index contributed by atoms with van der Waals surface area (Å²) in [6.07, 6.45) is 0. The number of halogens is 1. The minimum absolute atomic E-state index is 0.0723. The van der Waals surface area contributed by atoms with Crippen molar-refractivity contribution in [1.82, 2.24) is 0 Å². The highest BCUT2D eigenvalue weighted by molar-refractivity contribution is 6.32. The second-order valence-electron chi connectivity index (χ2n) is 3.56. The average molecular weight is 275 g/mol. The lowest BCUT2D eigenvalue weighted by Crippen LogP contribution is -1.95. The van der Waals surface area contributed by atoms with Crippen molar-refractivity contribution in [2.45, 2.75) is 0 Å². The molecule has 0 amide bonds. The first-order valence-electron chi connectivity index (χ1n) is 5.23. The molecule has 2 aromatic carbocycles. The lowest BCUT2D eigenvalue weighted by Gasteiger charge is -2.08. The summed E-state index contributed by atoms with van der Waals surface area (Å²) in [6.45, 7) is 0. The van der Waals surface area contributed by atoms with Crippen LogP contribution in [0.4, 0.5) is 5.69 Å². The van der Waals surface area contributed by atoms with Gasteiger partial charge in [0.15, 0.2) is 0 Å². The third kappa shape index (κ3) is 2.64. The van der Waals surface area contributed by atoms with Crippen LogP contribution in [0.3, 0.4) is 0 Å². The van der Waals surface area contributed by atoms with E-state index in [1.165, 1.54) is 18.2 Å². The standard InChI is InChI=1S/C13H7ClN2O3/c14-10-5-3-6-11(16(17)18)13(10)19-12-7-2-1-4-9(12)8-15/h1-7H. The molecule has 0 spiro atoms. The number of hydrogen-bond acceptors (Lipinski definition) is 4. The van der Waals surface area contributed by atoms with Crippen LogP contribution >= 0.6 is 11.6 Å². The van der Waals surface area contributed by atoms with Crippen molar-refractivity contribution in [3.05, 3.63) is 63.2 Å². The van der Waals surface area contributed by atoms with E-state index < -0.39 is 4.92 Å². The normalized spacial score (nSPS) is 9.68. The number of rotatable bonds is 3. The summed E-state index contributed by atoms with van der Waals surface area (Å²) < 4.78 is 5.43. The van der Waals surface area contributed by atoms with Gasteiger partial charge < -0.3 is 4.74 Å². The number of nitro groups is 1. The Labute approximate surface area is 113 Å². The number of benzene rings is 2. The Morgan fingerprint density at radius 3 is 2.63 bits per heavy atom. The minimum Gasteiger partial charge on any atom is -0.447 e. The van der Waals surface area contributed by atoms with Gasteiger partial charge in [-0.1, -0.05) is 29.8 Å². The topological polar surface area (TPSA) is 76.2 Å². The fraction of sp³-hybridized carbons (Fsp3) is 0. The van der Waals surface area contributed by atoms with Crippen LogP contribution in [0, 0.1) is 21.4 Å². The zero-order valence-corrected chi connectivity index (χ0v) is 10.3. The zero-order valence-electron chi connectivity index (χ0n) is 9.54. The number of nitro benzene ring substituents is 1. The van der Waals surface area contributed by atoms with Gasteiger partial charge in [-0.15, -0.1) is 0 Å². The van der Waals surface area contributed by atoms with Gasteiger partial charge in [0.1, 0.15) is 11.8 Å². The van der Waals surface area contributed by atoms with Gasteiger partial charge in [-0.2, -0.15) is 5.26 Å². The molecule has 0 saturated carbocycles. The number of nitriles is 1. The molecule has 0 unspecified atom stereocenters. The molecule has 0 N–H and O–H groups in total. The highest BCUT2D eigenvalue weighted by Crippen LogP contribution is 2.38. The molecule has 0 aliphatic carbocycles. The summed E-state index contributed by atoms with van der Waals surface area (Å²) in [6, 6.07) is 12.6. The predicted molar refractivity (Wildman–Crippen MR) is 69.3 cm³/mol. The van der Waals surface area contributed by atoms with Crippen molar-refractivity contribution in [3.8, 4) is 17.6 Å². The minimum atomic E-state index is -0.587. The van der Waals surface area contributed by atoms with Gasteiger partial charge in [0.2, 0.25) is 5.75 Å². The summed E-state index contributed by atoms with van der Waals surface area (Å²) in [4.78, 5) is 10.3. The highest BCUT2D eigenvalue weighted by atomic mass is 35.5. The van der Waals surface area contributed by atoms with E-state index in [0.717, 1.165) is 0 Å². The molecule has 19 heavy (non-hydrogen) atoms. The molecule has 2 rings (SSSR count). The van der Waals surface area contributed by atoms with Crippen LogP contribution in [0.15, 0.2) is 42.5 Å². The summed E-state index contributed by atoms with van der Waals surface area (Å²) in [5.41, 5.74) is 0.0250. The van der Waals surface area contributed by atoms with Crippen molar-refractivity contribution < 1.29 is 9.66 Å².